The third-order valence-electron chi connectivity index (χ3n) is 3.80. The fourth-order valence-electron chi connectivity index (χ4n) is 2.53. The molecule has 0 amide bonds. The second-order valence-corrected chi connectivity index (χ2v) is 5.78. The van der Waals surface area contributed by atoms with Crippen molar-refractivity contribution >= 4 is 6.08 Å². The minimum atomic E-state index is -4.35. The van der Waals surface area contributed by atoms with Crippen LogP contribution in [0.2, 0.25) is 0 Å². The summed E-state index contributed by atoms with van der Waals surface area (Å²) >= 11 is 0. The molecule has 0 aromatic carbocycles. The first-order chi connectivity index (χ1) is 13.4. The molecule has 3 aromatic heterocycles. The van der Waals surface area contributed by atoms with Crippen LogP contribution in [0.25, 0.3) is 17.5 Å². The van der Waals surface area contributed by atoms with Crippen molar-refractivity contribution in [1.82, 2.24) is 19.7 Å². The highest BCUT2D eigenvalue weighted by molar-refractivity contribution is 5.59. The Hall–Kier alpha value is -3.36. The number of halogens is 3. The largest absolute Gasteiger partial charge is 0.487 e. The predicted octanol–water partition coefficient (Wildman–Crippen LogP) is 4.13. The average Bonchev–Trinajstić information content (AvgIpc) is 3.12. The van der Waals surface area contributed by atoms with Gasteiger partial charge >= 0.3 is 6.18 Å². The predicted molar refractivity (Wildman–Crippen MR) is 96.7 cm³/mol. The summed E-state index contributed by atoms with van der Waals surface area (Å²) in [4.78, 5) is 8.35. The van der Waals surface area contributed by atoms with Crippen molar-refractivity contribution in [2.45, 2.75) is 19.3 Å². The van der Waals surface area contributed by atoms with Gasteiger partial charge in [0.15, 0.2) is 0 Å². The molecule has 0 bridgehead atoms. The number of hydrogen-bond donors (Lipinski definition) is 0. The zero-order valence-electron chi connectivity index (χ0n) is 15.0. The van der Waals surface area contributed by atoms with Crippen LogP contribution in [0.1, 0.15) is 11.1 Å². The molecule has 3 aromatic rings. The Kier molecular flexibility index (Phi) is 5.62. The highest BCUT2D eigenvalue weighted by atomic mass is 19.4. The maximum absolute atomic E-state index is 12.5. The molecule has 0 fully saturated rings. The number of rotatable bonds is 7. The highest BCUT2D eigenvalue weighted by Crippen LogP contribution is 2.26. The van der Waals surface area contributed by atoms with Crippen LogP contribution in [0.3, 0.4) is 0 Å². The van der Waals surface area contributed by atoms with E-state index < -0.39 is 12.7 Å². The lowest BCUT2D eigenvalue weighted by atomic mass is 10.1. The Labute approximate surface area is 159 Å². The van der Waals surface area contributed by atoms with Gasteiger partial charge in [0.25, 0.3) is 0 Å². The topological polar surface area (TPSA) is 62.1 Å². The van der Waals surface area contributed by atoms with Gasteiger partial charge in [0.2, 0.25) is 5.88 Å². The molecule has 28 heavy (non-hydrogen) atoms. The Morgan fingerprint density at radius 1 is 1.25 bits per heavy atom. The monoisotopic (exact) mass is 390 g/mol. The van der Waals surface area contributed by atoms with Crippen molar-refractivity contribution in [3.63, 3.8) is 0 Å². The normalized spacial score (nSPS) is 11.3. The summed E-state index contributed by atoms with van der Waals surface area (Å²) in [5, 5.41) is 3.97. The molecule has 146 valence electrons. The molecular formula is C19H17F3N4O2. The second-order valence-electron chi connectivity index (χ2n) is 5.78. The van der Waals surface area contributed by atoms with Crippen LogP contribution in [0, 0.1) is 0 Å². The molecule has 0 aliphatic carbocycles. The van der Waals surface area contributed by atoms with Crippen LogP contribution in [-0.4, -0.2) is 33.0 Å². The van der Waals surface area contributed by atoms with Crippen molar-refractivity contribution in [1.29, 1.82) is 0 Å². The van der Waals surface area contributed by atoms with E-state index >= 15 is 0 Å². The molecule has 0 spiro atoms. The van der Waals surface area contributed by atoms with E-state index in [1.165, 1.54) is 25.6 Å². The van der Waals surface area contributed by atoms with Crippen molar-refractivity contribution in [2.24, 2.45) is 0 Å². The summed E-state index contributed by atoms with van der Waals surface area (Å²) in [7, 11) is 1.51. The summed E-state index contributed by atoms with van der Waals surface area (Å²) in [6, 6.07) is 6.66. The third-order valence-corrected chi connectivity index (χ3v) is 3.80. The Morgan fingerprint density at radius 2 is 2.07 bits per heavy atom. The molecule has 0 aliphatic rings. The van der Waals surface area contributed by atoms with Crippen molar-refractivity contribution in [3.05, 3.63) is 60.6 Å². The van der Waals surface area contributed by atoms with Gasteiger partial charge in [-0.1, -0.05) is 18.7 Å². The lowest BCUT2D eigenvalue weighted by molar-refractivity contribution is -0.142. The van der Waals surface area contributed by atoms with Crippen LogP contribution < -0.4 is 9.47 Å². The fourth-order valence-corrected chi connectivity index (χ4v) is 2.53. The summed E-state index contributed by atoms with van der Waals surface area (Å²) in [6.45, 7) is 2.71. The standard InChI is InChI=1S/C19H17F3N4O2/c1-3-13-9-17(27-2)24-10-16(13)28-11-14-5-4-7-23-18(14)15-6-8-26(25-15)12-19(20,21)22/h3-10H,1,11-12H2,2H3. The van der Waals surface area contributed by atoms with Gasteiger partial charge in [-0.25, -0.2) is 4.98 Å². The van der Waals surface area contributed by atoms with Gasteiger partial charge in [-0.2, -0.15) is 18.3 Å². The number of hydrogen-bond acceptors (Lipinski definition) is 5. The van der Waals surface area contributed by atoms with Crippen molar-refractivity contribution in [2.75, 3.05) is 7.11 Å². The lowest BCUT2D eigenvalue weighted by Crippen LogP contribution is -2.18. The number of nitrogens with zero attached hydrogens (tertiary/aromatic N) is 4. The van der Waals surface area contributed by atoms with Crippen LogP contribution in [0.15, 0.2) is 49.4 Å². The maximum Gasteiger partial charge on any atom is 0.408 e. The quantitative estimate of drug-likeness (QED) is 0.607. The molecule has 0 unspecified atom stereocenters. The Bertz CT molecular complexity index is 970. The summed E-state index contributed by atoms with van der Waals surface area (Å²) in [6.07, 6.45) is 1.60. The van der Waals surface area contributed by atoms with Crippen LogP contribution in [0.5, 0.6) is 11.6 Å². The van der Waals surface area contributed by atoms with Gasteiger partial charge in [-0.15, -0.1) is 0 Å². The molecule has 0 radical (unpaired) electrons. The first kappa shape index (κ1) is 19.4. The van der Waals surface area contributed by atoms with Gasteiger partial charge in [-0.05, 0) is 12.1 Å². The fraction of sp³-hybridized carbons (Fsp3) is 0.211. The summed E-state index contributed by atoms with van der Waals surface area (Å²) in [5.74, 6) is 0.924. The number of aromatic nitrogens is 4. The number of alkyl halides is 3. The van der Waals surface area contributed by atoms with Crippen molar-refractivity contribution < 1.29 is 22.6 Å². The van der Waals surface area contributed by atoms with Gasteiger partial charge in [0.05, 0.1) is 19.0 Å². The smallest absolute Gasteiger partial charge is 0.408 e. The Balaban J connectivity index is 1.81. The van der Waals surface area contributed by atoms with E-state index in [4.69, 9.17) is 9.47 Å². The van der Waals surface area contributed by atoms with Crippen LogP contribution >= 0.6 is 0 Å². The van der Waals surface area contributed by atoms with E-state index in [0.29, 0.717) is 34.1 Å². The number of pyridine rings is 2. The second kappa shape index (κ2) is 8.12. The highest BCUT2D eigenvalue weighted by Gasteiger charge is 2.28. The Morgan fingerprint density at radius 3 is 2.79 bits per heavy atom. The zero-order chi connectivity index (χ0) is 20.1. The molecule has 3 rings (SSSR count). The van der Waals surface area contributed by atoms with Gasteiger partial charge in [0, 0.05) is 29.6 Å². The van der Waals surface area contributed by atoms with Crippen LogP contribution in [0.4, 0.5) is 13.2 Å². The average molecular weight is 390 g/mol. The molecule has 6 nitrogen and oxygen atoms in total. The molecule has 0 saturated heterocycles. The summed E-state index contributed by atoms with van der Waals surface area (Å²) in [5.41, 5.74) is 2.16. The number of ether oxygens (including phenoxy) is 2. The van der Waals surface area contributed by atoms with Gasteiger partial charge < -0.3 is 9.47 Å². The van der Waals surface area contributed by atoms with Crippen LogP contribution in [-0.2, 0) is 13.2 Å². The van der Waals surface area contributed by atoms with E-state index in [9.17, 15) is 13.2 Å². The molecule has 3 heterocycles. The molecule has 0 saturated carbocycles. The molecule has 0 aliphatic heterocycles. The SMILES string of the molecule is C=Cc1cc(OC)ncc1OCc1cccnc1-c1ccn(CC(F)(F)F)n1. The first-order valence-electron chi connectivity index (χ1n) is 8.23. The maximum atomic E-state index is 12.5. The third kappa shape index (κ3) is 4.67. The summed E-state index contributed by atoms with van der Waals surface area (Å²) < 4.78 is 49.4. The van der Waals surface area contributed by atoms with E-state index in [2.05, 4.69) is 21.6 Å². The zero-order valence-corrected chi connectivity index (χ0v) is 15.0. The molecule has 9 heteroatoms. The molecule has 0 N–H and O–H groups in total. The molecular weight excluding hydrogens is 373 g/mol. The van der Waals surface area contributed by atoms with E-state index in [1.807, 2.05) is 0 Å². The molecule has 0 atom stereocenters. The van der Waals surface area contributed by atoms with Crippen molar-refractivity contribution in [3.8, 4) is 23.0 Å². The van der Waals surface area contributed by atoms with Gasteiger partial charge in [0.1, 0.15) is 24.6 Å². The first-order valence-corrected chi connectivity index (χ1v) is 8.23. The van der Waals surface area contributed by atoms with E-state index in [-0.39, 0.29) is 6.61 Å². The lowest BCUT2D eigenvalue weighted by Gasteiger charge is -2.12. The number of methoxy groups -OCH3 is 1. The van der Waals surface area contributed by atoms with E-state index in [1.54, 1.807) is 30.5 Å². The minimum absolute atomic E-state index is 0.129. The van der Waals surface area contributed by atoms with Gasteiger partial charge in [-0.3, -0.25) is 9.67 Å². The van der Waals surface area contributed by atoms with E-state index in [0.717, 1.165) is 4.68 Å². The minimum Gasteiger partial charge on any atom is -0.487 e.